The van der Waals surface area contributed by atoms with E-state index in [1.807, 2.05) is 10.6 Å². The number of hydrogen-bond acceptors (Lipinski definition) is 21. The van der Waals surface area contributed by atoms with E-state index >= 15 is 14.4 Å². The van der Waals surface area contributed by atoms with Crippen LogP contribution in [0.25, 0.3) is 0 Å². The number of cyclic esters (lactones) is 1. The molecule has 0 aromatic heterocycles. The first-order valence-corrected chi connectivity index (χ1v) is 33.7. The Morgan fingerprint density at radius 2 is 1.24 bits per heavy atom. The van der Waals surface area contributed by atoms with E-state index in [2.05, 4.69) is 53.2 Å². The number of benzene rings is 2. The molecule has 1 aliphatic rings. The maximum absolute atomic E-state index is 15.6. The van der Waals surface area contributed by atoms with E-state index < -0.39 is 216 Å². The average molecular weight is 1460 g/mol. The van der Waals surface area contributed by atoms with E-state index in [1.165, 1.54) is 89.2 Å². The van der Waals surface area contributed by atoms with E-state index in [0.29, 0.717) is 0 Å². The summed E-state index contributed by atoms with van der Waals surface area (Å²) in [4.78, 5) is 186. The Kier molecular flexibility index (Phi) is 34.9. The van der Waals surface area contributed by atoms with Crippen LogP contribution in [0, 0.1) is 29.1 Å². The van der Waals surface area contributed by atoms with Gasteiger partial charge < -0.3 is 110 Å². The molecule has 36 heteroatoms. The summed E-state index contributed by atoms with van der Waals surface area (Å²) in [5, 5.41) is 92.7. The number of nitrogens with one attached hydrogen (secondary N) is 13. The first kappa shape index (κ1) is 86.9. The smallest absolute Gasteiger partial charge is 0.408 e. The quantitative estimate of drug-likeness (QED) is 0.0212. The predicted octanol–water partition coefficient (Wildman–Crippen LogP) is -3.32. The SMILES string of the molecule is CC[C@H](C)[C@@H]1NC(=O)[C@@H](CCCNC(=N)N)NC(=O)[C@H](CC(C)C)NC(=O)[C@H]([C@H](O)C(C)C)NC(=O)[C@@H](NC(=O)[C@H](CC(C)C)NC(=O)C(NC(=O)OC(C)(C)C)C(O)c2ccc(Cl)cc2)[C@@H](c2ccccc2)OC(=O)[C@H](CO)NC(=O)[C@H]([C@H](O)C(N)=O)NC(=O)CNC(=O)[C@H]([C@H](C)O)NC1=O. The molecule has 1 fully saturated rings. The number of alkyl carbamates (subject to hydrolysis) is 1. The zero-order valence-corrected chi connectivity index (χ0v) is 60.0. The summed E-state index contributed by atoms with van der Waals surface area (Å²) in [5.41, 5.74) is 9.64. The lowest BCUT2D eigenvalue weighted by Gasteiger charge is -2.34. The summed E-state index contributed by atoms with van der Waals surface area (Å²) >= 11 is 6.13. The fraction of sp³-hybridized carbons (Fsp3) is 0.606. The highest BCUT2D eigenvalue weighted by Crippen LogP contribution is 2.26. The maximum Gasteiger partial charge on any atom is 0.408 e. The molecule has 1 aliphatic heterocycles. The second-order valence-corrected chi connectivity index (χ2v) is 27.4. The number of halogens is 1. The van der Waals surface area contributed by atoms with E-state index in [9.17, 15) is 73.5 Å². The molecule has 0 radical (unpaired) electrons. The van der Waals surface area contributed by atoms with Gasteiger partial charge in [-0.2, -0.15) is 0 Å². The third kappa shape index (κ3) is 27.9. The van der Waals surface area contributed by atoms with Crippen LogP contribution in [-0.2, 0) is 67.0 Å². The van der Waals surface area contributed by atoms with Gasteiger partial charge in [-0.1, -0.05) is 116 Å². The average Bonchev–Trinajstić information content (AvgIpc) is 0.811. The number of nitrogens with two attached hydrogens (primary N) is 2. The summed E-state index contributed by atoms with van der Waals surface area (Å²) in [5.74, 6) is -18.8. The number of carbonyl (C=O) groups excluding carboxylic acids is 13. The number of ether oxygens (including phenoxy) is 2. The van der Waals surface area contributed by atoms with Crippen LogP contribution in [0.3, 0.4) is 0 Å². The van der Waals surface area contributed by atoms with Gasteiger partial charge in [-0.05, 0) is 100 Å². The van der Waals surface area contributed by atoms with Gasteiger partial charge in [0.15, 0.2) is 24.2 Å². The summed E-state index contributed by atoms with van der Waals surface area (Å²) in [6.07, 6.45) is -11.9. The van der Waals surface area contributed by atoms with Gasteiger partial charge in [-0.15, -0.1) is 0 Å². The second-order valence-electron chi connectivity index (χ2n) is 27.0. The lowest BCUT2D eigenvalue weighted by Crippen LogP contribution is -2.64. The summed E-state index contributed by atoms with van der Waals surface area (Å²) in [6.45, 7) is 15.8. The molecule has 568 valence electrons. The van der Waals surface area contributed by atoms with Crippen LogP contribution >= 0.6 is 11.6 Å². The lowest BCUT2D eigenvalue weighted by atomic mass is 9.95. The van der Waals surface area contributed by atoms with E-state index in [1.54, 1.807) is 41.5 Å². The molecule has 12 amide bonds. The van der Waals surface area contributed by atoms with Gasteiger partial charge in [0.05, 0.1) is 25.4 Å². The van der Waals surface area contributed by atoms with Gasteiger partial charge in [-0.3, -0.25) is 58.1 Å². The number of carbonyl (C=O) groups is 13. The Morgan fingerprint density at radius 1 is 0.676 bits per heavy atom. The van der Waals surface area contributed by atoms with Crippen molar-refractivity contribution in [3.63, 3.8) is 0 Å². The van der Waals surface area contributed by atoms with Crippen molar-refractivity contribution in [1.29, 1.82) is 5.41 Å². The van der Waals surface area contributed by atoms with Crippen molar-refractivity contribution in [2.45, 2.75) is 212 Å². The van der Waals surface area contributed by atoms with Crippen LogP contribution in [0.15, 0.2) is 54.6 Å². The van der Waals surface area contributed by atoms with Crippen molar-refractivity contribution in [2.75, 3.05) is 19.7 Å². The highest BCUT2D eigenvalue weighted by molar-refractivity contribution is 6.30. The Labute approximate surface area is 596 Å². The Balaban J connectivity index is 2.47. The van der Waals surface area contributed by atoms with Gasteiger partial charge >= 0.3 is 12.1 Å². The fourth-order valence-corrected chi connectivity index (χ4v) is 10.3. The van der Waals surface area contributed by atoms with Crippen LogP contribution in [0.1, 0.15) is 139 Å². The van der Waals surface area contributed by atoms with Crippen molar-refractivity contribution >= 4 is 94.6 Å². The molecule has 1 heterocycles. The van der Waals surface area contributed by atoms with Gasteiger partial charge in [0.25, 0.3) is 0 Å². The Hall–Kier alpha value is -9.29. The minimum absolute atomic E-state index is 0.0163. The monoisotopic (exact) mass is 1460 g/mol. The Bertz CT molecular complexity index is 3230. The van der Waals surface area contributed by atoms with Gasteiger partial charge in [0, 0.05) is 11.6 Å². The van der Waals surface area contributed by atoms with Gasteiger partial charge in [0.2, 0.25) is 65.0 Å². The number of guanidine groups is 1. The minimum Gasteiger partial charge on any atom is -0.453 e. The molecule has 2 aromatic carbocycles. The normalized spacial score (nSPS) is 23.5. The largest absolute Gasteiger partial charge is 0.453 e. The number of aliphatic hydroxyl groups is 5. The highest BCUT2D eigenvalue weighted by atomic mass is 35.5. The number of hydrogen-bond donors (Lipinski definition) is 20. The van der Waals surface area contributed by atoms with Crippen LogP contribution in [0.5, 0.6) is 0 Å². The van der Waals surface area contributed by atoms with E-state index in [-0.39, 0.29) is 54.8 Å². The molecular formula is C66H102ClN15O20. The number of rotatable bonds is 24. The third-order valence-electron chi connectivity index (χ3n) is 15.9. The predicted molar refractivity (Wildman–Crippen MR) is 368 cm³/mol. The standard InChI is InChI=1S/C66H102ClN15O20/c1-13-33(8)43-58(94)79-44(34(9)84)57(93)72-28-42(85)77-47(51(88)53(68)89)61(97)76-41(29-83)63(99)101-52(36-18-15-14-16-19-36)48(81-56(92)40(27-31(4)5)75-60(96)46(82-65(100)102-66(10,11)12)50(87)35-21-23-37(67)24-22-35)62(98)80-45(49(86)32(6)7)59(95)74-39(26-30(2)3)55(91)73-38(54(90)78-43)20-17-25-71-64(69)70/h14-16,18-19,21-24,30-34,38-41,43-52,83-84,86-88H,13,17,20,25-29H2,1-12H3,(H2,68,89)(H,72,93)(H,73,91)(H,74,95)(H,75,96)(H,76,97)(H,77,85)(H,78,90)(H,79,94)(H,80,98)(H,81,92)(H,82,100)(H4,69,70,71)/t33-,34-,38+,39-,40-,41-,43-,44-,45-,46?,47-,48-,49+,50?,51-,52+/m0/s1. The molecule has 0 saturated carbocycles. The number of primary amides is 1. The summed E-state index contributed by atoms with van der Waals surface area (Å²) in [6, 6.07) is -7.23. The molecule has 3 rings (SSSR count). The topological polar surface area (TPSA) is 562 Å². The molecule has 35 nitrogen and oxygen atoms in total. The first-order valence-electron chi connectivity index (χ1n) is 33.3. The molecule has 102 heavy (non-hydrogen) atoms. The number of esters is 1. The molecule has 0 spiro atoms. The third-order valence-corrected chi connectivity index (χ3v) is 16.2. The fourth-order valence-electron chi connectivity index (χ4n) is 10.2. The van der Waals surface area contributed by atoms with Crippen molar-refractivity contribution in [1.82, 2.24) is 63.8 Å². The minimum atomic E-state index is -2.63. The summed E-state index contributed by atoms with van der Waals surface area (Å²) < 4.78 is 11.4. The second kappa shape index (κ2) is 41.0. The molecule has 0 aliphatic carbocycles. The first-order chi connectivity index (χ1) is 47.6. The maximum atomic E-state index is 15.6. The van der Waals surface area contributed by atoms with Crippen LogP contribution in [0.2, 0.25) is 5.02 Å². The van der Waals surface area contributed by atoms with Gasteiger partial charge in [0.1, 0.15) is 66.1 Å². The molecule has 1 saturated heterocycles. The summed E-state index contributed by atoms with van der Waals surface area (Å²) in [7, 11) is 0. The molecule has 2 unspecified atom stereocenters. The molecule has 0 bridgehead atoms. The van der Waals surface area contributed by atoms with Gasteiger partial charge in [-0.25, -0.2) is 9.59 Å². The molecule has 16 atom stereocenters. The molecule has 2 aromatic rings. The zero-order chi connectivity index (χ0) is 77.2. The zero-order valence-electron chi connectivity index (χ0n) is 59.2. The number of amides is 12. The van der Waals surface area contributed by atoms with E-state index in [4.69, 9.17) is 38.0 Å². The highest BCUT2D eigenvalue weighted by Gasteiger charge is 2.44. The lowest BCUT2D eigenvalue weighted by molar-refractivity contribution is -0.159. The Morgan fingerprint density at radius 3 is 1.77 bits per heavy atom. The van der Waals surface area contributed by atoms with E-state index in [0.717, 1.165) is 6.92 Å². The van der Waals surface area contributed by atoms with Crippen molar-refractivity contribution in [3.05, 3.63) is 70.7 Å². The van der Waals surface area contributed by atoms with Crippen molar-refractivity contribution in [2.24, 2.45) is 35.1 Å². The van der Waals surface area contributed by atoms with Crippen molar-refractivity contribution < 1.29 is 97.3 Å². The van der Waals surface area contributed by atoms with Crippen molar-refractivity contribution in [3.8, 4) is 0 Å². The van der Waals surface area contributed by atoms with Crippen LogP contribution in [0.4, 0.5) is 4.79 Å². The molecular weight excluding hydrogens is 1360 g/mol. The van der Waals surface area contributed by atoms with Crippen LogP contribution in [-0.4, -0.2) is 213 Å². The van der Waals surface area contributed by atoms with Crippen LogP contribution < -0.4 is 75.3 Å². The molecule has 22 N–H and O–H groups in total. The number of aliphatic hydroxyl groups excluding tert-OH is 5.